The van der Waals surface area contributed by atoms with Crippen LogP contribution in [0.3, 0.4) is 0 Å². The van der Waals surface area contributed by atoms with Crippen molar-refractivity contribution in [2.45, 2.75) is 51.1 Å². The fraction of sp³-hybridized carbons (Fsp3) is 0.682. The number of nitrogens with zero attached hydrogens (tertiary/aromatic N) is 3. The van der Waals surface area contributed by atoms with Crippen LogP contribution in [0.15, 0.2) is 35.3 Å². The first-order valence-electron chi connectivity index (χ1n) is 10.9. The molecule has 0 bridgehead atoms. The Labute approximate surface area is 181 Å². The Balaban J connectivity index is 1.66. The zero-order valence-corrected chi connectivity index (χ0v) is 19.5. The van der Waals surface area contributed by atoms with Crippen LogP contribution >= 0.6 is 0 Å². The Morgan fingerprint density at radius 1 is 1.23 bits per heavy atom. The predicted molar refractivity (Wildman–Crippen MR) is 121 cm³/mol. The maximum absolute atomic E-state index is 12.4. The van der Waals surface area contributed by atoms with Crippen molar-refractivity contribution in [3.8, 4) is 0 Å². The monoisotopic (exact) mass is 436 g/mol. The molecule has 0 radical (unpaired) electrons. The lowest BCUT2D eigenvalue weighted by Crippen LogP contribution is -2.50. The van der Waals surface area contributed by atoms with Crippen LogP contribution in [-0.2, 0) is 21.1 Å². The largest absolute Gasteiger partial charge is 0.373 e. The van der Waals surface area contributed by atoms with Gasteiger partial charge in [0, 0.05) is 32.7 Å². The number of nitrogens with one attached hydrogen (secondary N) is 1. The van der Waals surface area contributed by atoms with E-state index in [1.54, 1.807) is 20.8 Å². The highest BCUT2D eigenvalue weighted by molar-refractivity contribution is 7.92. The van der Waals surface area contributed by atoms with Gasteiger partial charge in [0.15, 0.2) is 15.8 Å². The molecule has 2 atom stereocenters. The first-order chi connectivity index (χ1) is 14.2. The van der Waals surface area contributed by atoms with Gasteiger partial charge in [-0.05, 0) is 33.3 Å². The molecule has 0 aliphatic carbocycles. The molecule has 30 heavy (non-hydrogen) atoms. The average Bonchev–Trinajstić information content (AvgIpc) is 3.12. The lowest BCUT2D eigenvalue weighted by molar-refractivity contribution is -0.0502. The van der Waals surface area contributed by atoms with Crippen molar-refractivity contribution in [1.29, 1.82) is 0 Å². The first-order valence-corrected chi connectivity index (χ1v) is 12.5. The van der Waals surface area contributed by atoms with Gasteiger partial charge in [0.1, 0.15) is 0 Å². The Kier molecular flexibility index (Phi) is 7.42. The third kappa shape index (κ3) is 5.53. The summed E-state index contributed by atoms with van der Waals surface area (Å²) >= 11 is 0. The Hall–Kier alpha value is -1.64. The number of likely N-dealkylation sites (tertiary alicyclic amines) is 1. The van der Waals surface area contributed by atoms with Gasteiger partial charge in [0.2, 0.25) is 0 Å². The molecule has 2 saturated heterocycles. The fourth-order valence-electron chi connectivity index (χ4n) is 3.95. The summed E-state index contributed by atoms with van der Waals surface area (Å²) in [5, 5.41) is 3.33. The molecule has 0 aromatic heterocycles. The van der Waals surface area contributed by atoms with Gasteiger partial charge in [0.25, 0.3) is 0 Å². The third-order valence-electron chi connectivity index (χ3n) is 5.83. The van der Waals surface area contributed by atoms with Crippen molar-refractivity contribution in [3.05, 3.63) is 35.9 Å². The Morgan fingerprint density at radius 2 is 1.97 bits per heavy atom. The van der Waals surface area contributed by atoms with E-state index in [1.165, 1.54) is 5.56 Å². The van der Waals surface area contributed by atoms with Crippen molar-refractivity contribution in [2.24, 2.45) is 4.99 Å². The number of morpholine rings is 1. The highest BCUT2D eigenvalue weighted by atomic mass is 32.2. The molecule has 1 N–H and O–H groups in total. The lowest BCUT2D eigenvalue weighted by atomic mass is 10.1. The number of ether oxygens (including phenoxy) is 1. The summed E-state index contributed by atoms with van der Waals surface area (Å²) in [7, 11) is -3.18. The van der Waals surface area contributed by atoms with Gasteiger partial charge in [0.05, 0.1) is 35.8 Å². The highest BCUT2D eigenvalue weighted by Crippen LogP contribution is 2.25. The van der Waals surface area contributed by atoms with Gasteiger partial charge in [-0.3, -0.25) is 9.89 Å². The van der Waals surface area contributed by atoms with Crippen LogP contribution < -0.4 is 5.32 Å². The maximum atomic E-state index is 12.4. The van der Waals surface area contributed by atoms with Gasteiger partial charge in [-0.2, -0.15) is 0 Å². The summed E-state index contributed by atoms with van der Waals surface area (Å²) in [6.45, 7) is 12.4. The second-order valence-electron chi connectivity index (χ2n) is 9.00. The number of hydrogen-bond donors (Lipinski definition) is 1. The van der Waals surface area contributed by atoms with Crippen LogP contribution in [0.1, 0.15) is 33.3 Å². The molecule has 168 valence electrons. The van der Waals surface area contributed by atoms with E-state index in [4.69, 9.17) is 4.74 Å². The van der Waals surface area contributed by atoms with E-state index in [2.05, 4.69) is 44.4 Å². The number of fused-ring (bicyclic) bond motifs is 1. The summed E-state index contributed by atoms with van der Waals surface area (Å²) in [6, 6.07) is 10.8. The zero-order chi connectivity index (χ0) is 21.8. The van der Waals surface area contributed by atoms with E-state index in [9.17, 15) is 8.42 Å². The summed E-state index contributed by atoms with van der Waals surface area (Å²) < 4.78 is 30.1. The van der Waals surface area contributed by atoms with Crippen LogP contribution in [0.2, 0.25) is 0 Å². The van der Waals surface area contributed by atoms with Gasteiger partial charge in [-0.1, -0.05) is 30.3 Å². The fourth-order valence-corrected chi connectivity index (χ4v) is 4.89. The standard InChI is InChI=1S/C22H36N4O3S/c1-5-23-21(24-11-14-30(27,28)22(2,3)4)26-16-19-20(17-26)29-13-12-25(19)15-18-9-7-6-8-10-18/h6-10,19-20H,5,11-17H2,1-4H3,(H,23,24). The van der Waals surface area contributed by atoms with Gasteiger partial charge in [-0.25, -0.2) is 8.42 Å². The lowest BCUT2D eigenvalue weighted by Gasteiger charge is -2.36. The molecule has 2 aliphatic rings. The molecular formula is C22H36N4O3S. The minimum absolute atomic E-state index is 0.0583. The topological polar surface area (TPSA) is 74.2 Å². The quantitative estimate of drug-likeness (QED) is 0.541. The highest BCUT2D eigenvalue weighted by Gasteiger charge is 2.41. The number of aliphatic imine (C=N–C) groups is 1. The second-order valence-corrected chi connectivity index (χ2v) is 11.9. The van der Waals surface area contributed by atoms with Crippen molar-refractivity contribution < 1.29 is 13.2 Å². The van der Waals surface area contributed by atoms with Crippen LogP contribution in [0.4, 0.5) is 0 Å². The third-order valence-corrected chi connectivity index (χ3v) is 8.42. The molecule has 1 aromatic carbocycles. The van der Waals surface area contributed by atoms with Crippen LogP contribution in [0.25, 0.3) is 0 Å². The minimum atomic E-state index is -3.18. The van der Waals surface area contributed by atoms with Crippen molar-refractivity contribution in [1.82, 2.24) is 15.1 Å². The summed E-state index contributed by atoms with van der Waals surface area (Å²) in [4.78, 5) is 9.35. The number of hydrogen-bond acceptors (Lipinski definition) is 5. The molecule has 1 aromatic rings. The predicted octanol–water partition coefficient (Wildman–Crippen LogP) is 1.75. The average molecular weight is 437 g/mol. The number of benzene rings is 1. The van der Waals surface area contributed by atoms with E-state index in [-0.39, 0.29) is 18.4 Å². The molecule has 0 amide bonds. The number of rotatable bonds is 6. The van der Waals surface area contributed by atoms with Crippen LogP contribution in [0.5, 0.6) is 0 Å². The molecule has 2 unspecified atom stereocenters. The molecule has 2 aliphatic heterocycles. The molecule has 7 nitrogen and oxygen atoms in total. The van der Waals surface area contributed by atoms with Gasteiger partial charge < -0.3 is 15.0 Å². The van der Waals surface area contributed by atoms with Crippen molar-refractivity contribution in [3.63, 3.8) is 0 Å². The maximum Gasteiger partial charge on any atom is 0.194 e. The second kappa shape index (κ2) is 9.66. The van der Waals surface area contributed by atoms with E-state index in [1.807, 2.05) is 13.0 Å². The SMILES string of the molecule is CCNC(=NCCS(=O)(=O)C(C)(C)C)N1CC2OCCN(Cc3ccccc3)C2C1. The zero-order valence-electron chi connectivity index (χ0n) is 18.7. The molecule has 3 rings (SSSR count). The minimum Gasteiger partial charge on any atom is -0.373 e. The molecule has 8 heteroatoms. The molecule has 2 heterocycles. The Bertz CT molecular complexity index is 821. The first kappa shape index (κ1) is 23.0. The van der Waals surface area contributed by atoms with Crippen molar-refractivity contribution >= 4 is 15.8 Å². The molecular weight excluding hydrogens is 400 g/mol. The molecule has 0 saturated carbocycles. The van der Waals surface area contributed by atoms with E-state index in [0.29, 0.717) is 6.04 Å². The van der Waals surface area contributed by atoms with Gasteiger partial charge >= 0.3 is 0 Å². The summed E-state index contributed by atoms with van der Waals surface area (Å²) in [6.07, 6.45) is 0.143. The Morgan fingerprint density at radius 3 is 2.63 bits per heavy atom. The van der Waals surface area contributed by atoms with Crippen molar-refractivity contribution in [2.75, 3.05) is 45.1 Å². The van der Waals surface area contributed by atoms with E-state index < -0.39 is 14.6 Å². The smallest absolute Gasteiger partial charge is 0.194 e. The number of guanidine groups is 1. The van der Waals surface area contributed by atoms with E-state index in [0.717, 1.165) is 45.3 Å². The van der Waals surface area contributed by atoms with Gasteiger partial charge in [-0.15, -0.1) is 0 Å². The van der Waals surface area contributed by atoms with Crippen LogP contribution in [0, 0.1) is 0 Å². The summed E-state index contributed by atoms with van der Waals surface area (Å²) in [5.41, 5.74) is 1.31. The molecule has 0 spiro atoms. The summed E-state index contributed by atoms with van der Waals surface area (Å²) in [5.74, 6) is 0.835. The van der Waals surface area contributed by atoms with Crippen LogP contribution in [-0.4, -0.2) is 86.2 Å². The normalized spacial score (nSPS) is 23.5. The van der Waals surface area contributed by atoms with E-state index >= 15 is 0 Å². The molecule has 2 fully saturated rings. The number of sulfone groups is 1.